The zero-order valence-electron chi connectivity index (χ0n) is 16.9. The molecule has 4 saturated carbocycles. The summed E-state index contributed by atoms with van der Waals surface area (Å²) in [7, 11) is 0. The van der Waals surface area contributed by atoms with Crippen molar-refractivity contribution in [2.45, 2.75) is 64.0 Å². The standard InChI is InChI=1S/C23H29N3O3/c1-13(23-10-14-6-15(11-23)8-16(7-14)12-23)24-20(27)9-19-22(29)25-18-5-3-2-4-17(18)21(28)26-19/h2-5,13-16,19H,6-12H2,1H3,(H,24,27)(H,25,29)(H,26,28)/t13?,14?,15?,16?,19-,23?/m0/s1. The summed E-state index contributed by atoms with van der Waals surface area (Å²) in [6.07, 6.45) is 7.73. The molecule has 1 aromatic rings. The Hall–Kier alpha value is -2.37. The van der Waals surface area contributed by atoms with Gasteiger partial charge in [-0.1, -0.05) is 12.1 Å². The van der Waals surface area contributed by atoms with Gasteiger partial charge in [-0.3, -0.25) is 14.4 Å². The minimum atomic E-state index is -0.863. The molecule has 1 heterocycles. The number of amides is 3. The largest absolute Gasteiger partial charge is 0.353 e. The molecule has 4 bridgehead atoms. The van der Waals surface area contributed by atoms with Gasteiger partial charge in [0.1, 0.15) is 6.04 Å². The smallest absolute Gasteiger partial charge is 0.254 e. The van der Waals surface area contributed by atoms with Crippen molar-refractivity contribution in [2.24, 2.45) is 23.2 Å². The molecule has 0 saturated heterocycles. The van der Waals surface area contributed by atoms with E-state index in [4.69, 9.17) is 0 Å². The number of carbonyl (C=O) groups excluding carboxylic acids is 3. The predicted molar refractivity (Wildman–Crippen MR) is 109 cm³/mol. The van der Waals surface area contributed by atoms with E-state index in [0.29, 0.717) is 11.3 Å². The molecule has 3 amide bonds. The number of fused-ring (bicyclic) bond motifs is 1. The van der Waals surface area contributed by atoms with Crippen LogP contribution in [0.25, 0.3) is 0 Å². The molecule has 1 unspecified atom stereocenters. The van der Waals surface area contributed by atoms with E-state index >= 15 is 0 Å². The summed E-state index contributed by atoms with van der Waals surface area (Å²) in [6, 6.07) is 6.13. The van der Waals surface area contributed by atoms with Crippen LogP contribution in [0.5, 0.6) is 0 Å². The lowest BCUT2D eigenvalue weighted by Gasteiger charge is -2.59. The minimum absolute atomic E-state index is 0.0394. The van der Waals surface area contributed by atoms with Gasteiger partial charge in [-0.15, -0.1) is 0 Å². The molecule has 3 N–H and O–H groups in total. The van der Waals surface area contributed by atoms with Crippen LogP contribution in [-0.2, 0) is 9.59 Å². The van der Waals surface area contributed by atoms with E-state index in [1.807, 2.05) is 0 Å². The lowest BCUT2D eigenvalue weighted by molar-refractivity contribution is -0.129. The van der Waals surface area contributed by atoms with Crippen LogP contribution in [-0.4, -0.2) is 29.8 Å². The van der Waals surface area contributed by atoms with Gasteiger partial charge in [0.15, 0.2) is 0 Å². The molecular weight excluding hydrogens is 366 g/mol. The second kappa shape index (κ2) is 6.85. The number of hydrogen-bond acceptors (Lipinski definition) is 3. The molecular formula is C23H29N3O3. The first kappa shape index (κ1) is 18.6. The topological polar surface area (TPSA) is 87.3 Å². The maximum absolute atomic E-state index is 12.8. The molecule has 6 rings (SSSR count). The highest BCUT2D eigenvalue weighted by Crippen LogP contribution is 2.61. The maximum atomic E-state index is 12.8. The Morgan fingerprint density at radius 1 is 1.10 bits per heavy atom. The first-order valence-corrected chi connectivity index (χ1v) is 10.9. The fraction of sp³-hybridized carbons (Fsp3) is 0.609. The van der Waals surface area contributed by atoms with Crippen LogP contribution in [0.15, 0.2) is 24.3 Å². The molecule has 4 fully saturated rings. The van der Waals surface area contributed by atoms with Crippen LogP contribution in [0, 0.1) is 23.2 Å². The Labute approximate surface area is 171 Å². The van der Waals surface area contributed by atoms with E-state index in [1.165, 1.54) is 38.5 Å². The Morgan fingerprint density at radius 3 is 2.38 bits per heavy atom. The average molecular weight is 396 g/mol. The van der Waals surface area contributed by atoms with Gasteiger partial charge in [0, 0.05) is 6.04 Å². The second-order valence-electron chi connectivity index (χ2n) is 9.83. The fourth-order valence-corrected chi connectivity index (χ4v) is 6.80. The summed E-state index contributed by atoms with van der Waals surface area (Å²) in [5.41, 5.74) is 1.13. The number of carbonyl (C=O) groups is 3. The molecule has 0 radical (unpaired) electrons. The summed E-state index contributed by atoms with van der Waals surface area (Å²) >= 11 is 0. The minimum Gasteiger partial charge on any atom is -0.353 e. The van der Waals surface area contributed by atoms with E-state index in [1.54, 1.807) is 24.3 Å². The average Bonchev–Trinajstić information content (AvgIpc) is 2.77. The molecule has 4 aliphatic carbocycles. The number of anilines is 1. The third-order valence-electron chi connectivity index (χ3n) is 7.82. The van der Waals surface area contributed by atoms with E-state index in [-0.39, 0.29) is 35.6 Å². The SMILES string of the molecule is CC(NC(=O)C[C@@H]1NC(=O)c2ccccc2NC1=O)C12CC3CC(CC(C3)C1)C2. The molecule has 0 aromatic heterocycles. The highest BCUT2D eigenvalue weighted by molar-refractivity contribution is 6.10. The van der Waals surface area contributed by atoms with Gasteiger partial charge in [-0.05, 0) is 80.8 Å². The van der Waals surface area contributed by atoms with E-state index in [9.17, 15) is 14.4 Å². The van der Waals surface area contributed by atoms with Gasteiger partial charge in [0.05, 0.1) is 17.7 Å². The zero-order chi connectivity index (χ0) is 20.2. The van der Waals surface area contributed by atoms with Crippen LogP contribution < -0.4 is 16.0 Å². The lowest BCUT2D eigenvalue weighted by atomic mass is 9.48. The Kier molecular flexibility index (Phi) is 4.41. The Morgan fingerprint density at radius 2 is 1.72 bits per heavy atom. The van der Waals surface area contributed by atoms with Gasteiger partial charge in [0.25, 0.3) is 5.91 Å². The summed E-state index contributed by atoms with van der Waals surface area (Å²) in [4.78, 5) is 37.8. The summed E-state index contributed by atoms with van der Waals surface area (Å²) in [5, 5.41) is 8.67. The number of nitrogens with one attached hydrogen (secondary N) is 3. The van der Waals surface area contributed by atoms with E-state index < -0.39 is 6.04 Å². The normalized spacial score (nSPS) is 35.9. The lowest BCUT2D eigenvalue weighted by Crippen LogP contribution is -2.56. The van der Waals surface area contributed by atoms with Gasteiger partial charge in [-0.25, -0.2) is 0 Å². The van der Waals surface area contributed by atoms with Crippen LogP contribution in [0.4, 0.5) is 5.69 Å². The summed E-state index contributed by atoms with van der Waals surface area (Å²) in [6.45, 7) is 2.13. The summed E-state index contributed by atoms with van der Waals surface area (Å²) < 4.78 is 0. The third-order valence-corrected chi connectivity index (χ3v) is 7.82. The van der Waals surface area contributed by atoms with Gasteiger partial charge in [-0.2, -0.15) is 0 Å². The summed E-state index contributed by atoms with van der Waals surface area (Å²) in [5.74, 6) is 1.63. The van der Waals surface area contributed by atoms with Crippen molar-refractivity contribution >= 4 is 23.4 Å². The molecule has 6 heteroatoms. The van der Waals surface area contributed by atoms with Gasteiger partial charge < -0.3 is 16.0 Å². The van der Waals surface area contributed by atoms with Crippen LogP contribution in [0.2, 0.25) is 0 Å². The highest BCUT2D eigenvalue weighted by Gasteiger charge is 2.53. The van der Waals surface area contributed by atoms with E-state index in [0.717, 1.165) is 17.8 Å². The first-order chi connectivity index (χ1) is 13.9. The molecule has 29 heavy (non-hydrogen) atoms. The monoisotopic (exact) mass is 395 g/mol. The van der Waals surface area contributed by atoms with Crippen LogP contribution in [0.3, 0.4) is 0 Å². The Bertz CT molecular complexity index is 829. The number of hydrogen-bond donors (Lipinski definition) is 3. The molecule has 154 valence electrons. The quantitative estimate of drug-likeness (QED) is 0.733. The van der Waals surface area contributed by atoms with Crippen molar-refractivity contribution in [3.8, 4) is 0 Å². The Balaban J connectivity index is 1.24. The van der Waals surface area contributed by atoms with Crippen LogP contribution in [0.1, 0.15) is 62.2 Å². The molecule has 1 aromatic carbocycles. The molecule has 0 spiro atoms. The van der Waals surface area contributed by atoms with Gasteiger partial charge in [0.2, 0.25) is 11.8 Å². The van der Waals surface area contributed by atoms with Gasteiger partial charge >= 0.3 is 0 Å². The molecule has 6 nitrogen and oxygen atoms in total. The van der Waals surface area contributed by atoms with E-state index in [2.05, 4.69) is 22.9 Å². The molecule has 5 aliphatic rings. The van der Waals surface area contributed by atoms with Crippen molar-refractivity contribution in [3.63, 3.8) is 0 Å². The highest BCUT2D eigenvalue weighted by atomic mass is 16.2. The predicted octanol–water partition coefficient (Wildman–Crippen LogP) is 2.85. The fourth-order valence-electron chi connectivity index (χ4n) is 6.80. The van der Waals surface area contributed by atoms with Crippen molar-refractivity contribution in [1.29, 1.82) is 0 Å². The number of benzene rings is 1. The van der Waals surface area contributed by atoms with Crippen LogP contribution >= 0.6 is 0 Å². The third kappa shape index (κ3) is 3.32. The van der Waals surface area contributed by atoms with Crippen molar-refractivity contribution in [3.05, 3.63) is 29.8 Å². The zero-order valence-corrected chi connectivity index (χ0v) is 16.9. The van der Waals surface area contributed by atoms with Crippen molar-refractivity contribution in [1.82, 2.24) is 10.6 Å². The second-order valence-corrected chi connectivity index (χ2v) is 9.83. The maximum Gasteiger partial charge on any atom is 0.254 e. The van der Waals surface area contributed by atoms with Crippen molar-refractivity contribution < 1.29 is 14.4 Å². The number of rotatable bonds is 4. The van der Waals surface area contributed by atoms with Crippen molar-refractivity contribution in [2.75, 3.05) is 5.32 Å². The first-order valence-electron chi connectivity index (χ1n) is 10.9. The molecule has 2 atom stereocenters. The number of para-hydroxylation sites is 1. The molecule has 1 aliphatic heterocycles.